The SMILES string of the molecule is Brc1cccc(-c2n[c]nc3ccccc23)c1. The van der Waals surface area contributed by atoms with Crippen LogP contribution in [0, 0.1) is 6.33 Å². The van der Waals surface area contributed by atoms with Gasteiger partial charge in [-0.15, -0.1) is 0 Å². The van der Waals surface area contributed by atoms with Crippen LogP contribution in [-0.2, 0) is 0 Å². The molecule has 1 aromatic heterocycles. The molecule has 0 unspecified atom stereocenters. The zero-order chi connectivity index (χ0) is 11.7. The highest BCUT2D eigenvalue weighted by Crippen LogP contribution is 2.26. The molecule has 0 saturated heterocycles. The van der Waals surface area contributed by atoms with Crippen molar-refractivity contribution in [3.8, 4) is 11.3 Å². The first-order valence-corrected chi connectivity index (χ1v) is 6.03. The van der Waals surface area contributed by atoms with Crippen LogP contribution in [0.15, 0.2) is 53.0 Å². The average molecular weight is 284 g/mol. The largest absolute Gasteiger partial charge is 0.225 e. The summed E-state index contributed by atoms with van der Waals surface area (Å²) in [7, 11) is 0. The van der Waals surface area contributed by atoms with Crippen molar-refractivity contribution < 1.29 is 0 Å². The lowest BCUT2D eigenvalue weighted by Crippen LogP contribution is -1.88. The Morgan fingerprint density at radius 2 is 1.82 bits per heavy atom. The number of aromatic nitrogens is 2. The average Bonchev–Trinajstić information content (AvgIpc) is 2.38. The summed E-state index contributed by atoms with van der Waals surface area (Å²) in [5, 5.41) is 1.05. The van der Waals surface area contributed by atoms with Gasteiger partial charge in [0.05, 0.1) is 11.2 Å². The molecule has 17 heavy (non-hydrogen) atoms. The van der Waals surface area contributed by atoms with Crippen molar-refractivity contribution in [3.63, 3.8) is 0 Å². The number of rotatable bonds is 1. The van der Waals surface area contributed by atoms with Crippen molar-refractivity contribution in [1.82, 2.24) is 9.97 Å². The zero-order valence-electron chi connectivity index (χ0n) is 8.89. The second-order valence-electron chi connectivity index (χ2n) is 3.70. The molecule has 0 atom stereocenters. The van der Waals surface area contributed by atoms with Gasteiger partial charge >= 0.3 is 0 Å². The third-order valence-electron chi connectivity index (χ3n) is 2.59. The number of halogens is 1. The summed E-state index contributed by atoms with van der Waals surface area (Å²) in [5.74, 6) is 0. The number of hydrogen-bond acceptors (Lipinski definition) is 2. The molecule has 3 heteroatoms. The van der Waals surface area contributed by atoms with Gasteiger partial charge in [-0.1, -0.05) is 46.3 Å². The van der Waals surface area contributed by atoms with E-state index in [1.54, 1.807) is 0 Å². The van der Waals surface area contributed by atoms with Crippen LogP contribution < -0.4 is 0 Å². The van der Waals surface area contributed by atoms with Crippen molar-refractivity contribution in [2.45, 2.75) is 0 Å². The number of benzene rings is 2. The third kappa shape index (κ3) is 1.94. The van der Waals surface area contributed by atoms with Crippen molar-refractivity contribution in [2.75, 3.05) is 0 Å². The van der Waals surface area contributed by atoms with Gasteiger partial charge in [-0.25, -0.2) is 9.97 Å². The molecule has 81 valence electrons. The molecule has 3 aromatic rings. The minimum Gasteiger partial charge on any atom is -0.225 e. The Labute approximate surface area is 107 Å². The van der Waals surface area contributed by atoms with Gasteiger partial charge < -0.3 is 0 Å². The van der Waals surface area contributed by atoms with Gasteiger partial charge in [-0.05, 0) is 18.2 Å². The maximum Gasteiger partial charge on any atom is 0.198 e. The van der Waals surface area contributed by atoms with Crippen molar-refractivity contribution >= 4 is 26.8 Å². The lowest BCUT2D eigenvalue weighted by molar-refractivity contribution is 1.20. The van der Waals surface area contributed by atoms with E-state index >= 15 is 0 Å². The molecular weight excluding hydrogens is 276 g/mol. The van der Waals surface area contributed by atoms with E-state index < -0.39 is 0 Å². The Kier molecular flexibility index (Phi) is 2.61. The molecule has 0 fully saturated rings. The lowest BCUT2D eigenvalue weighted by atomic mass is 10.1. The van der Waals surface area contributed by atoms with Crippen molar-refractivity contribution in [2.24, 2.45) is 0 Å². The van der Waals surface area contributed by atoms with Crippen LogP contribution in [0.1, 0.15) is 0 Å². The van der Waals surface area contributed by atoms with E-state index in [0.29, 0.717) is 0 Å². The van der Waals surface area contributed by atoms with Gasteiger partial charge in [-0.2, -0.15) is 0 Å². The number of para-hydroxylation sites is 1. The maximum absolute atomic E-state index is 4.26. The van der Waals surface area contributed by atoms with Gasteiger partial charge in [0.25, 0.3) is 0 Å². The summed E-state index contributed by atoms with van der Waals surface area (Å²) < 4.78 is 1.04. The molecule has 0 aliphatic carbocycles. The summed E-state index contributed by atoms with van der Waals surface area (Å²) >= 11 is 3.47. The molecule has 0 amide bonds. The zero-order valence-corrected chi connectivity index (χ0v) is 10.5. The molecule has 0 aliphatic heterocycles. The predicted octanol–water partition coefficient (Wildman–Crippen LogP) is 3.86. The minimum atomic E-state index is 0.914. The third-order valence-corrected chi connectivity index (χ3v) is 3.08. The maximum atomic E-state index is 4.26. The van der Waals surface area contributed by atoms with Gasteiger partial charge in [0.15, 0.2) is 6.33 Å². The Hall–Kier alpha value is -1.74. The molecule has 2 aromatic carbocycles. The summed E-state index contributed by atoms with van der Waals surface area (Å²) in [5.41, 5.74) is 2.89. The van der Waals surface area contributed by atoms with E-state index in [9.17, 15) is 0 Å². The van der Waals surface area contributed by atoms with E-state index in [1.807, 2.05) is 48.5 Å². The normalized spacial score (nSPS) is 10.6. The summed E-state index contributed by atoms with van der Waals surface area (Å²) in [6.07, 6.45) is 2.71. The quantitative estimate of drug-likeness (QED) is 0.678. The summed E-state index contributed by atoms with van der Waals surface area (Å²) in [6.45, 7) is 0. The lowest BCUT2D eigenvalue weighted by Gasteiger charge is -2.04. The van der Waals surface area contributed by atoms with E-state index in [2.05, 4.69) is 32.2 Å². The second kappa shape index (κ2) is 4.26. The number of hydrogen-bond donors (Lipinski definition) is 0. The fourth-order valence-electron chi connectivity index (χ4n) is 1.82. The Balaban J connectivity index is 2.30. The van der Waals surface area contributed by atoms with Crippen molar-refractivity contribution in [3.05, 3.63) is 59.3 Å². The molecule has 0 spiro atoms. The smallest absolute Gasteiger partial charge is 0.198 e. The monoisotopic (exact) mass is 283 g/mol. The molecule has 0 aliphatic rings. The fourth-order valence-corrected chi connectivity index (χ4v) is 2.22. The standard InChI is InChI=1S/C14H8BrN2/c15-11-5-3-4-10(8-11)14-12-6-1-2-7-13(12)16-9-17-14/h1-8H. The van der Waals surface area contributed by atoms with Gasteiger partial charge in [0.1, 0.15) is 0 Å². The van der Waals surface area contributed by atoms with E-state index in [4.69, 9.17) is 0 Å². The molecule has 2 nitrogen and oxygen atoms in total. The first-order chi connectivity index (χ1) is 8.34. The van der Waals surface area contributed by atoms with Crippen LogP contribution >= 0.6 is 15.9 Å². The van der Waals surface area contributed by atoms with Crippen LogP contribution in [0.25, 0.3) is 22.2 Å². The highest BCUT2D eigenvalue weighted by Gasteiger charge is 2.05. The molecule has 1 radical (unpaired) electrons. The molecule has 0 bridgehead atoms. The molecular formula is C14H8BrN2. The molecule has 0 saturated carbocycles. The van der Waals surface area contributed by atoms with Gasteiger partial charge in [-0.3, -0.25) is 0 Å². The highest BCUT2D eigenvalue weighted by molar-refractivity contribution is 9.10. The second-order valence-corrected chi connectivity index (χ2v) is 4.62. The Morgan fingerprint density at radius 3 is 2.71 bits per heavy atom. The van der Waals surface area contributed by atoms with E-state index in [-0.39, 0.29) is 0 Å². The topological polar surface area (TPSA) is 25.8 Å². The number of fused-ring (bicyclic) bond motifs is 1. The Morgan fingerprint density at radius 1 is 0.941 bits per heavy atom. The first kappa shape index (κ1) is 10.4. The highest BCUT2D eigenvalue weighted by atomic mass is 79.9. The van der Waals surface area contributed by atoms with E-state index in [0.717, 1.165) is 26.6 Å². The van der Waals surface area contributed by atoms with Crippen LogP contribution in [0.5, 0.6) is 0 Å². The Bertz CT molecular complexity index is 674. The van der Waals surface area contributed by atoms with E-state index in [1.165, 1.54) is 0 Å². The van der Waals surface area contributed by atoms with Crippen LogP contribution in [-0.4, -0.2) is 9.97 Å². The fraction of sp³-hybridized carbons (Fsp3) is 0. The molecule has 3 rings (SSSR count). The van der Waals surface area contributed by atoms with Gasteiger partial charge in [0.2, 0.25) is 0 Å². The van der Waals surface area contributed by atoms with Crippen molar-refractivity contribution in [1.29, 1.82) is 0 Å². The summed E-state index contributed by atoms with van der Waals surface area (Å²) in [4.78, 5) is 8.40. The van der Waals surface area contributed by atoms with Crippen LogP contribution in [0.3, 0.4) is 0 Å². The number of nitrogens with zero attached hydrogens (tertiary/aromatic N) is 2. The summed E-state index contributed by atoms with van der Waals surface area (Å²) in [6, 6.07) is 16.0. The predicted molar refractivity (Wildman–Crippen MR) is 71.5 cm³/mol. The first-order valence-electron chi connectivity index (χ1n) is 5.23. The molecule has 1 heterocycles. The van der Waals surface area contributed by atoms with Crippen LogP contribution in [0.4, 0.5) is 0 Å². The minimum absolute atomic E-state index is 0.914. The van der Waals surface area contributed by atoms with Crippen LogP contribution in [0.2, 0.25) is 0 Å². The molecule has 0 N–H and O–H groups in total. The van der Waals surface area contributed by atoms with Gasteiger partial charge in [0, 0.05) is 15.4 Å².